The van der Waals surface area contributed by atoms with Crippen molar-refractivity contribution < 1.29 is 19.2 Å². The third-order valence-electron chi connectivity index (χ3n) is 4.49. The summed E-state index contributed by atoms with van der Waals surface area (Å²) in [5.74, 6) is -1.34. The highest BCUT2D eigenvalue weighted by Gasteiger charge is 2.23. The molecule has 172 valence electrons. The molecule has 0 aliphatic rings. The first-order valence-electron chi connectivity index (χ1n) is 9.81. The van der Waals surface area contributed by atoms with E-state index >= 15 is 0 Å². The topological polar surface area (TPSA) is 115 Å². The number of nitrogens with one attached hydrogen (secondary N) is 1. The fourth-order valence-electron chi connectivity index (χ4n) is 2.72. The van der Waals surface area contributed by atoms with Crippen LogP contribution in [0.3, 0.4) is 0 Å². The van der Waals surface area contributed by atoms with Gasteiger partial charge in [0.05, 0.1) is 15.4 Å². The van der Waals surface area contributed by atoms with Gasteiger partial charge in [-0.05, 0) is 50.2 Å². The number of rotatable bonds is 8. The Bertz CT molecular complexity index is 1180. The molecule has 0 bridgehead atoms. The monoisotopic (exact) mass is 486 g/mol. The van der Waals surface area contributed by atoms with Crippen LogP contribution in [0.1, 0.15) is 23.0 Å². The molecule has 1 unspecified atom stereocenters. The lowest BCUT2D eigenvalue weighted by Gasteiger charge is -2.15. The maximum absolute atomic E-state index is 12.5. The number of nitro benzene ring substituents is 1. The standard InChI is InChI=1S/C22H22N4O5S2/c1-13-12-32-22(23-13)33-19-10-5-15(11-18(19)26(29)30)21(28)31-14(2)20(27)24-16-6-8-17(9-7-16)25(3)4/h5-12,14H,1-4H3,(H,24,27). The van der Waals surface area contributed by atoms with E-state index in [1.807, 2.05) is 43.4 Å². The fourth-order valence-corrected chi connectivity index (χ4v) is 4.59. The Morgan fingerprint density at radius 3 is 2.48 bits per heavy atom. The van der Waals surface area contributed by atoms with Gasteiger partial charge in [0, 0.05) is 42.6 Å². The number of anilines is 2. The lowest BCUT2D eigenvalue weighted by Crippen LogP contribution is -2.30. The van der Waals surface area contributed by atoms with Gasteiger partial charge in [-0.25, -0.2) is 9.78 Å². The molecular formula is C22H22N4O5S2. The predicted octanol–water partition coefficient (Wildman–Crippen LogP) is 4.76. The van der Waals surface area contributed by atoms with Gasteiger partial charge in [0.2, 0.25) is 0 Å². The summed E-state index contributed by atoms with van der Waals surface area (Å²) in [4.78, 5) is 42.5. The average molecular weight is 487 g/mol. The fraction of sp³-hybridized carbons (Fsp3) is 0.227. The van der Waals surface area contributed by atoms with E-state index in [2.05, 4.69) is 10.3 Å². The van der Waals surface area contributed by atoms with Crippen LogP contribution in [-0.4, -0.2) is 42.0 Å². The second kappa shape index (κ2) is 10.5. The summed E-state index contributed by atoms with van der Waals surface area (Å²) in [5, 5.41) is 16.1. The van der Waals surface area contributed by atoms with Gasteiger partial charge in [-0.3, -0.25) is 14.9 Å². The number of carbonyl (C=O) groups is 2. The summed E-state index contributed by atoms with van der Waals surface area (Å²) in [6.45, 7) is 3.27. The van der Waals surface area contributed by atoms with E-state index in [9.17, 15) is 19.7 Å². The molecule has 0 saturated carbocycles. The largest absolute Gasteiger partial charge is 0.449 e. The molecule has 2 aromatic carbocycles. The summed E-state index contributed by atoms with van der Waals surface area (Å²) in [7, 11) is 3.81. The number of aromatic nitrogens is 1. The molecule has 1 atom stereocenters. The van der Waals surface area contributed by atoms with E-state index in [1.165, 1.54) is 30.4 Å². The predicted molar refractivity (Wildman–Crippen MR) is 128 cm³/mol. The van der Waals surface area contributed by atoms with Crippen molar-refractivity contribution >= 4 is 52.0 Å². The van der Waals surface area contributed by atoms with Crippen LogP contribution in [0.4, 0.5) is 17.1 Å². The smallest absolute Gasteiger partial charge is 0.339 e. The minimum absolute atomic E-state index is 0.0173. The number of aryl methyl sites for hydroxylation is 1. The molecule has 11 heteroatoms. The van der Waals surface area contributed by atoms with Crippen LogP contribution in [0.15, 0.2) is 57.1 Å². The number of amides is 1. The summed E-state index contributed by atoms with van der Waals surface area (Å²) in [5.41, 5.74) is 2.10. The Hall–Kier alpha value is -3.44. The molecule has 0 radical (unpaired) electrons. The molecule has 0 spiro atoms. The first-order chi connectivity index (χ1) is 15.6. The van der Waals surface area contributed by atoms with Crippen LogP contribution in [0, 0.1) is 17.0 Å². The van der Waals surface area contributed by atoms with Gasteiger partial charge in [0.15, 0.2) is 10.4 Å². The molecule has 1 amide bonds. The first kappa shape index (κ1) is 24.2. The Kier molecular flexibility index (Phi) is 7.67. The molecule has 0 saturated heterocycles. The van der Waals surface area contributed by atoms with E-state index in [-0.39, 0.29) is 11.3 Å². The molecule has 0 aliphatic carbocycles. The highest BCUT2D eigenvalue weighted by atomic mass is 32.2. The van der Waals surface area contributed by atoms with Crippen LogP contribution >= 0.6 is 23.1 Å². The summed E-state index contributed by atoms with van der Waals surface area (Å²) in [6.07, 6.45) is -1.10. The zero-order valence-corrected chi connectivity index (χ0v) is 20.0. The molecule has 0 aliphatic heterocycles. The van der Waals surface area contributed by atoms with Crippen LogP contribution in [0.2, 0.25) is 0 Å². The second-order valence-electron chi connectivity index (χ2n) is 7.27. The van der Waals surface area contributed by atoms with Crippen LogP contribution < -0.4 is 10.2 Å². The molecule has 33 heavy (non-hydrogen) atoms. The summed E-state index contributed by atoms with van der Waals surface area (Å²) in [6, 6.07) is 11.2. The Balaban J connectivity index is 1.67. The molecule has 1 aromatic heterocycles. The minimum Gasteiger partial charge on any atom is -0.449 e. The van der Waals surface area contributed by atoms with Crippen molar-refractivity contribution in [3.8, 4) is 0 Å². The molecular weight excluding hydrogens is 464 g/mol. The Morgan fingerprint density at radius 2 is 1.91 bits per heavy atom. The van der Waals surface area contributed by atoms with Gasteiger partial charge in [-0.2, -0.15) is 0 Å². The van der Waals surface area contributed by atoms with E-state index in [4.69, 9.17) is 4.74 Å². The van der Waals surface area contributed by atoms with E-state index in [0.717, 1.165) is 29.2 Å². The van der Waals surface area contributed by atoms with Crippen molar-refractivity contribution in [1.29, 1.82) is 0 Å². The van der Waals surface area contributed by atoms with Crippen molar-refractivity contribution in [2.24, 2.45) is 0 Å². The number of nitrogens with zero attached hydrogens (tertiary/aromatic N) is 3. The van der Waals surface area contributed by atoms with Crippen LogP contribution in [0.5, 0.6) is 0 Å². The van der Waals surface area contributed by atoms with Crippen molar-refractivity contribution in [1.82, 2.24) is 4.98 Å². The maximum Gasteiger partial charge on any atom is 0.339 e. The molecule has 1 heterocycles. The quantitative estimate of drug-likeness (QED) is 0.275. The first-order valence-corrected chi connectivity index (χ1v) is 11.5. The lowest BCUT2D eigenvalue weighted by molar-refractivity contribution is -0.387. The van der Waals surface area contributed by atoms with Crippen molar-refractivity contribution in [2.45, 2.75) is 29.2 Å². The Labute approximate surface area is 198 Å². The van der Waals surface area contributed by atoms with Crippen molar-refractivity contribution in [2.75, 3.05) is 24.3 Å². The molecule has 9 nitrogen and oxygen atoms in total. The molecule has 0 fully saturated rings. The molecule has 1 N–H and O–H groups in total. The Morgan fingerprint density at radius 1 is 1.21 bits per heavy atom. The zero-order valence-electron chi connectivity index (χ0n) is 18.4. The third kappa shape index (κ3) is 6.30. The number of nitro groups is 1. The van der Waals surface area contributed by atoms with Crippen molar-refractivity contribution in [3.05, 3.63) is 69.2 Å². The van der Waals surface area contributed by atoms with Gasteiger partial charge < -0.3 is 15.0 Å². The highest BCUT2D eigenvalue weighted by molar-refractivity contribution is 8.01. The van der Waals surface area contributed by atoms with Gasteiger partial charge in [0.1, 0.15) is 0 Å². The number of ether oxygens (including phenoxy) is 1. The summed E-state index contributed by atoms with van der Waals surface area (Å²) < 4.78 is 5.89. The van der Waals surface area contributed by atoms with Crippen LogP contribution in [-0.2, 0) is 9.53 Å². The number of carbonyl (C=O) groups excluding carboxylic acids is 2. The lowest BCUT2D eigenvalue weighted by atomic mass is 10.2. The van der Waals surface area contributed by atoms with Crippen LogP contribution in [0.25, 0.3) is 0 Å². The van der Waals surface area contributed by atoms with Gasteiger partial charge in [-0.15, -0.1) is 11.3 Å². The van der Waals surface area contributed by atoms with Gasteiger partial charge in [0.25, 0.3) is 11.6 Å². The number of thiazole rings is 1. The van der Waals surface area contributed by atoms with E-state index in [1.54, 1.807) is 12.1 Å². The number of benzene rings is 2. The van der Waals surface area contributed by atoms with Crippen molar-refractivity contribution in [3.63, 3.8) is 0 Å². The SMILES string of the molecule is Cc1csc(Sc2ccc(C(=O)OC(C)C(=O)Nc3ccc(N(C)C)cc3)cc2[N+](=O)[O-])n1. The second-order valence-corrected chi connectivity index (χ2v) is 9.42. The minimum atomic E-state index is -1.10. The highest BCUT2D eigenvalue weighted by Crippen LogP contribution is 2.37. The number of hydrogen-bond donors (Lipinski definition) is 1. The normalized spacial score (nSPS) is 11.5. The average Bonchev–Trinajstić information content (AvgIpc) is 3.18. The summed E-state index contributed by atoms with van der Waals surface area (Å²) >= 11 is 2.53. The van der Waals surface area contributed by atoms with E-state index < -0.39 is 22.9 Å². The zero-order chi connectivity index (χ0) is 24.1. The maximum atomic E-state index is 12.5. The molecule has 3 rings (SSSR count). The van der Waals surface area contributed by atoms with E-state index in [0.29, 0.717) is 14.9 Å². The van der Waals surface area contributed by atoms with Gasteiger partial charge in [-0.1, -0.05) is 11.8 Å². The molecule has 3 aromatic rings. The number of hydrogen-bond acceptors (Lipinski definition) is 9. The number of esters is 1. The van der Waals surface area contributed by atoms with Gasteiger partial charge >= 0.3 is 5.97 Å². The third-order valence-corrected chi connectivity index (χ3v) is 6.61.